The third kappa shape index (κ3) is 4.59. The molecule has 0 radical (unpaired) electrons. The van der Waals surface area contributed by atoms with Crippen LogP contribution in [0.25, 0.3) is 28.1 Å². The highest BCUT2D eigenvalue weighted by Crippen LogP contribution is 2.39. The fourth-order valence-corrected chi connectivity index (χ4v) is 5.04. The molecule has 2 aromatic carbocycles. The molecule has 0 aliphatic heterocycles. The number of aromatic nitrogens is 5. The van der Waals surface area contributed by atoms with E-state index >= 15 is 0 Å². The zero-order valence-corrected chi connectivity index (χ0v) is 21.5. The number of pyridine rings is 2. The molecule has 1 aliphatic rings. The molecule has 0 bridgehead atoms. The number of ether oxygens (including phenoxy) is 1. The molecule has 1 fully saturated rings. The third-order valence-corrected chi connectivity index (χ3v) is 6.98. The highest BCUT2D eigenvalue weighted by Gasteiger charge is 2.36. The average molecular weight is 525 g/mol. The van der Waals surface area contributed by atoms with Gasteiger partial charge in [0.15, 0.2) is 5.82 Å². The molecule has 1 saturated carbocycles. The van der Waals surface area contributed by atoms with Crippen LogP contribution in [0.3, 0.4) is 0 Å². The number of carbonyl (C=O) groups is 1. The maximum atomic E-state index is 13.1. The summed E-state index contributed by atoms with van der Waals surface area (Å²) in [6.07, 6.45) is 4.89. The second kappa shape index (κ2) is 10.2. The van der Waals surface area contributed by atoms with Gasteiger partial charge < -0.3 is 10.1 Å². The first kappa shape index (κ1) is 24.1. The van der Waals surface area contributed by atoms with Crippen LogP contribution in [0.15, 0.2) is 79.1 Å². The van der Waals surface area contributed by atoms with Crippen molar-refractivity contribution in [1.29, 1.82) is 0 Å². The lowest BCUT2D eigenvalue weighted by Crippen LogP contribution is -2.44. The molecule has 190 valence electrons. The van der Waals surface area contributed by atoms with E-state index in [1.54, 1.807) is 12.4 Å². The summed E-state index contributed by atoms with van der Waals surface area (Å²) in [5.74, 6) is 2.14. The Labute approximate surface area is 224 Å². The second-order valence-electron chi connectivity index (χ2n) is 9.23. The van der Waals surface area contributed by atoms with Crippen LogP contribution in [0.4, 0.5) is 0 Å². The van der Waals surface area contributed by atoms with Crippen molar-refractivity contribution >= 4 is 28.4 Å². The summed E-state index contributed by atoms with van der Waals surface area (Å²) < 4.78 is 7.54. The summed E-state index contributed by atoms with van der Waals surface area (Å²) in [6, 6.07) is 20.9. The van der Waals surface area contributed by atoms with Crippen molar-refractivity contribution in [2.75, 3.05) is 6.61 Å². The van der Waals surface area contributed by atoms with Crippen molar-refractivity contribution in [2.24, 2.45) is 0 Å². The standard InChI is InChI=1S/C29H25ClN6O2/c1-2-38-23-11-12-25(32-17-23)28-35-34-27(36(28)22-9-4-8-20(30)16-22)19-14-21(15-19)33-29(37)24-10-3-6-18-7-5-13-31-26(18)24/h3-13,16-17,19,21H,2,14-15H2,1H3,(H,33,37)/t19-,21-. The molecule has 0 unspecified atom stereocenters. The number of hydrogen-bond donors (Lipinski definition) is 1. The van der Waals surface area contributed by atoms with E-state index < -0.39 is 0 Å². The molecule has 8 nitrogen and oxygen atoms in total. The van der Waals surface area contributed by atoms with E-state index in [4.69, 9.17) is 16.3 Å². The van der Waals surface area contributed by atoms with Crippen LogP contribution in [-0.2, 0) is 0 Å². The van der Waals surface area contributed by atoms with Gasteiger partial charge in [0.25, 0.3) is 5.91 Å². The lowest BCUT2D eigenvalue weighted by atomic mass is 9.79. The van der Waals surface area contributed by atoms with E-state index in [-0.39, 0.29) is 17.9 Å². The Hall–Kier alpha value is -4.30. The zero-order valence-electron chi connectivity index (χ0n) is 20.7. The number of para-hydroxylation sites is 1. The number of rotatable bonds is 7. The first-order valence-electron chi connectivity index (χ1n) is 12.6. The van der Waals surface area contributed by atoms with Gasteiger partial charge in [-0.05, 0) is 62.2 Å². The van der Waals surface area contributed by atoms with Gasteiger partial charge in [-0.2, -0.15) is 0 Å². The van der Waals surface area contributed by atoms with Gasteiger partial charge in [-0.3, -0.25) is 14.3 Å². The molecule has 9 heteroatoms. The minimum atomic E-state index is -0.117. The Morgan fingerprint density at radius 2 is 1.89 bits per heavy atom. The molecule has 3 heterocycles. The number of hydrogen-bond acceptors (Lipinski definition) is 6. The first-order valence-corrected chi connectivity index (χ1v) is 12.9. The SMILES string of the molecule is CCOc1ccc(-c2nnc([C@H]3C[C@H](NC(=O)c4cccc5cccnc45)C3)n2-c2cccc(Cl)c2)nc1. The number of fused-ring (bicyclic) bond motifs is 1. The summed E-state index contributed by atoms with van der Waals surface area (Å²) in [4.78, 5) is 22.0. The molecule has 0 atom stereocenters. The lowest BCUT2D eigenvalue weighted by molar-refractivity contribution is 0.0908. The van der Waals surface area contributed by atoms with Crippen molar-refractivity contribution < 1.29 is 9.53 Å². The molecule has 38 heavy (non-hydrogen) atoms. The smallest absolute Gasteiger partial charge is 0.253 e. The molecule has 0 spiro atoms. The number of halogens is 1. The number of nitrogens with zero attached hydrogens (tertiary/aromatic N) is 5. The average Bonchev–Trinajstić information content (AvgIpc) is 3.35. The number of carbonyl (C=O) groups excluding carboxylic acids is 1. The highest BCUT2D eigenvalue weighted by atomic mass is 35.5. The van der Waals surface area contributed by atoms with Crippen LogP contribution in [0, 0.1) is 0 Å². The van der Waals surface area contributed by atoms with E-state index in [0.29, 0.717) is 40.0 Å². The fourth-order valence-electron chi connectivity index (χ4n) is 4.86. The Morgan fingerprint density at radius 1 is 1.05 bits per heavy atom. The van der Waals surface area contributed by atoms with Gasteiger partial charge in [0.05, 0.1) is 29.6 Å². The van der Waals surface area contributed by atoms with E-state index in [1.807, 2.05) is 78.2 Å². The summed E-state index contributed by atoms with van der Waals surface area (Å²) in [6.45, 7) is 2.50. The van der Waals surface area contributed by atoms with Gasteiger partial charge in [0, 0.05) is 28.6 Å². The normalized spacial score (nSPS) is 16.7. The lowest BCUT2D eigenvalue weighted by Gasteiger charge is -2.35. The summed E-state index contributed by atoms with van der Waals surface area (Å²) in [5, 5.41) is 13.8. The van der Waals surface area contributed by atoms with Gasteiger partial charge in [0.1, 0.15) is 17.3 Å². The van der Waals surface area contributed by atoms with Gasteiger partial charge in [-0.15, -0.1) is 10.2 Å². The van der Waals surface area contributed by atoms with Crippen LogP contribution < -0.4 is 10.1 Å². The molecule has 1 N–H and O–H groups in total. The van der Waals surface area contributed by atoms with Crippen LogP contribution in [0.2, 0.25) is 5.02 Å². The third-order valence-electron chi connectivity index (χ3n) is 6.75. The van der Waals surface area contributed by atoms with Gasteiger partial charge in [-0.25, -0.2) is 4.98 Å². The van der Waals surface area contributed by atoms with Gasteiger partial charge in [0.2, 0.25) is 0 Å². The van der Waals surface area contributed by atoms with Crippen molar-refractivity contribution in [3.63, 3.8) is 0 Å². The van der Waals surface area contributed by atoms with Crippen molar-refractivity contribution in [3.8, 4) is 23.0 Å². The maximum Gasteiger partial charge on any atom is 0.253 e. The Morgan fingerprint density at radius 3 is 2.68 bits per heavy atom. The first-order chi connectivity index (χ1) is 18.6. The van der Waals surface area contributed by atoms with Crippen molar-refractivity contribution in [1.82, 2.24) is 30.0 Å². The molecule has 6 rings (SSSR count). The summed E-state index contributed by atoms with van der Waals surface area (Å²) in [7, 11) is 0. The molecule has 0 saturated heterocycles. The Kier molecular flexibility index (Phi) is 6.47. The van der Waals surface area contributed by atoms with Crippen LogP contribution in [-0.4, -0.2) is 43.3 Å². The van der Waals surface area contributed by atoms with E-state index in [1.165, 1.54) is 0 Å². The van der Waals surface area contributed by atoms with E-state index in [0.717, 1.165) is 29.7 Å². The van der Waals surface area contributed by atoms with E-state index in [9.17, 15) is 4.79 Å². The molecular weight excluding hydrogens is 500 g/mol. The second-order valence-corrected chi connectivity index (χ2v) is 9.67. The largest absolute Gasteiger partial charge is 0.492 e. The molecular formula is C29H25ClN6O2. The van der Waals surface area contributed by atoms with Crippen LogP contribution >= 0.6 is 11.6 Å². The predicted octanol–water partition coefficient (Wildman–Crippen LogP) is 5.61. The van der Waals surface area contributed by atoms with Gasteiger partial charge in [-0.1, -0.05) is 35.9 Å². The minimum absolute atomic E-state index is 0.0306. The highest BCUT2D eigenvalue weighted by molar-refractivity contribution is 6.30. The molecule has 3 aromatic heterocycles. The number of benzene rings is 2. The zero-order chi connectivity index (χ0) is 26.1. The molecule has 1 amide bonds. The number of nitrogens with one attached hydrogen (secondary N) is 1. The van der Waals surface area contributed by atoms with Crippen molar-refractivity contribution in [3.05, 3.63) is 95.5 Å². The molecule has 5 aromatic rings. The summed E-state index contributed by atoms with van der Waals surface area (Å²) in [5.41, 5.74) is 2.83. The van der Waals surface area contributed by atoms with E-state index in [2.05, 4.69) is 25.5 Å². The van der Waals surface area contributed by atoms with Crippen molar-refractivity contribution in [2.45, 2.75) is 31.7 Å². The summed E-state index contributed by atoms with van der Waals surface area (Å²) >= 11 is 6.34. The van der Waals surface area contributed by atoms with Crippen LogP contribution in [0.1, 0.15) is 41.9 Å². The minimum Gasteiger partial charge on any atom is -0.492 e. The quantitative estimate of drug-likeness (QED) is 0.297. The molecule has 1 aliphatic carbocycles. The van der Waals surface area contributed by atoms with Crippen LogP contribution in [0.5, 0.6) is 5.75 Å². The fraction of sp³-hybridized carbons (Fsp3) is 0.207. The number of amides is 1. The van der Waals surface area contributed by atoms with Gasteiger partial charge >= 0.3 is 0 Å². The maximum absolute atomic E-state index is 13.1. The Bertz CT molecular complexity index is 1610. The topological polar surface area (TPSA) is 94.8 Å². The predicted molar refractivity (Wildman–Crippen MR) is 146 cm³/mol. The Balaban J connectivity index is 1.25. The monoisotopic (exact) mass is 524 g/mol.